The number of hydrogen-bond donors (Lipinski definition) is 4. The summed E-state index contributed by atoms with van der Waals surface area (Å²) in [6.07, 6.45) is -4.91. The van der Waals surface area contributed by atoms with Crippen molar-refractivity contribution < 1.29 is 61.6 Å². The summed E-state index contributed by atoms with van der Waals surface area (Å²) in [4.78, 5) is 70.2. The average molecular weight is 665 g/mol. The number of benzene rings is 4. The van der Waals surface area contributed by atoms with E-state index < -0.39 is 46.5 Å². The van der Waals surface area contributed by atoms with Crippen LogP contribution in [0.15, 0.2) is 84.9 Å². The van der Waals surface area contributed by atoms with Crippen LogP contribution >= 0.6 is 0 Å². The standard InChI is InChI=1S/C33H23F3N2O10/c1-32(33(34,35)36,20-4-2-6-22(14-20)37-28(41)18-8-10-24(30(43)44)25(12-18)31(45)46)21-5-3-7-23(15-21)38-29(42)19-9-11-26(47-16-39)27(13-19)48-17-40/h2-17H,1H3,(H,37,41)(H,38,42)(H,43,44)(H,45,46). The molecular weight excluding hydrogens is 641 g/mol. The lowest BCUT2D eigenvalue weighted by Gasteiger charge is -2.34. The first-order valence-corrected chi connectivity index (χ1v) is 13.6. The molecule has 15 heteroatoms. The van der Waals surface area contributed by atoms with Crippen LogP contribution in [0.2, 0.25) is 0 Å². The Kier molecular flexibility index (Phi) is 9.92. The largest absolute Gasteiger partial charge is 0.478 e. The number of aromatic carboxylic acids is 2. The molecule has 0 saturated carbocycles. The number of carboxylic acid groups (broad SMARTS) is 2. The Morgan fingerprint density at radius 1 is 0.646 bits per heavy atom. The van der Waals surface area contributed by atoms with Crippen molar-refractivity contribution in [1.82, 2.24) is 0 Å². The van der Waals surface area contributed by atoms with Gasteiger partial charge < -0.3 is 30.3 Å². The molecule has 0 aliphatic rings. The lowest BCUT2D eigenvalue weighted by atomic mass is 9.75. The Morgan fingerprint density at radius 3 is 1.60 bits per heavy atom. The number of halogens is 3. The molecule has 48 heavy (non-hydrogen) atoms. The summed E-state index contributed by atoms with van der Waals surface area (Å²) >= 11 is 0. The van der Waals surface area contributed by atoms with Crippen molar-refractivity contribution in [3.63, 3.8) is 0 Å². The van der Waals surface area contributed by atoms with Gasteiger partial charge in [-0.15, -0.1) is 0 Å². The predicted molar refractivity (Wildman–Crippen MR) is 161 cm³/mol. The Balaban J connectivity index is 1.65. The zero-order valence-electron chi connectivity index (χ0n) is 24.5. The Hall–Kier alpha value is -6.51. The van der Waals surface area contributed by atoms with Crippen molar-refractivity contribution in [3.8, 4) is 11.5 Å². The van der Waals surface area contributed by atoms with E-state index in [0.717, 1.165) is 43.3 Å². The van der Waals surface area contributed by atoms with Crippen LogP contribution in [-0.4, -0.2) is 53.1 Å². The van der Waals surface area contributed by atoms with Gasteiger partial charge >= 0.3 is 18.1 Å². The maximum Gasteiger partial charge on any atom is 0.402 e. The van der Waals surface area contributed by atoms with Crippen LogP contribution < -0.4 is 20.1 Å². The van der Waals surface area contributed by atoms with E-state index in [0.29, 0.717) is 0 Å². The average Bonchev–Trinajstić information content (AvgIpc) is 3.04. The molecule has 0 aliphatic heterocycles. The second kappa shape index (κ2) is 13.9. The molecule has 1 unspecified atom stereocenters. The number of carbonyl (C=O) groups excluding carboxylic acids is 4. The van der Waals surface area contributed by atoms with Gasteiger partial charge in [-0.1, -0.05) is 24.3 Å². The summed E-state index contributed by atoms with van der Waals surface area (Å²) < 4.78 is 54.0. The first kappa shape index (κ1) is 34.4. The van der Waals surface area contributed by atoms with E-state index in [1.165, 1.54) is 48.5 Å². The highest BCUT2D eigenvalue weighted by atomic mass is 19.4. The molecule has 0 fully saturated rings. The van der Waals surface area contributed by atoms with Gasteiger partial charge in [-0.05, 0) is 78.7 Å². The van der Waals surface area contributed by atoms with Crippen LogP contribution in [0.25, 0.3) is 0 Å². The molecule has 4 aromatic carbocycles. The van der Waals surface area contributed by atoms with Gasteiger partial charge in [0.15, 0.2) is 11.5 Å². The van der Waals surface area contributed by atoms with Gasteiger partial charge in [0.05, 0.1) is 11.1 Å². The van der Waals surface area contributed by atoms with E-state index in [2.05, 4.69) is 15.4 Å². The minimum Gasteiger partial charge on any atom is -0.478 e. The van der Waals surface area contributed by atoms with E-state index in [1.807, 2.05) is 0 Å². The third kappa shape index (κ3) is 7.14. The number of hydrogen-bond acceptors (Lipinski definition) is 8. The Morgan fingerprint density at radius 2 is 1.12 bits per heavy atom. The molecular formula is C33H23F3N2O10. The molecule has 2 amide bonds. The first-order valence-electron chi connectivity index (χ1n) is 13.6. The lowest BCUT2D eigenvalue weighted by molar-refractivity contribution is -0.173. The topological polar surface area (TPSA) is 185 Å². The third-order valence-electron chi connectivity index (χ3n) is 7.26. The number of ether oxygens (including phenoxy) is 2. The second-order valence-corrected chi connectivity index (χ2v) is 10.2. The molecule has 0 saturated heterocycles. The lowest BCUT2D eigenvalue weighted by Crippen LogP contribution is -2.40. The fourth-order valence-electron chi connectivity index (χ4n) is 4.71. The summed E-state index contributed by atoms with van der Waals surface area (Å²) in [5.41, 5.74) is -4.91. The molecule has 12 nitrogen and oxygen atoms in total. The summed E-state index contributed by atoms with van der Waals surface area (Å²) in [7, 11) is 0. The molecule has 0 aromatic heterocycles. The van der Waals surface area contributed by atoms with Gasteiger partial charge in [0.25, 0.3) is 24.8 Å². The van der Waals surface area contributed by atoms with Gasteiger partial charge in [0, 0.05) is 22.5 Å². The monoisotopic (exact) mass is 664 g/mol. The molecule has 4 aromatic rings. The number of rotatable bonds is 12. The van der Waals surface area contributed by atoms with Crippen LogP contribution in [0.4, 0.5) is 24.5 Å². The zero-order chi connectivity index (χ0) is 35.2. The fraction of sp³-hybridized carbons (Fsp3) is 0.0909. The van der Waals surface area contributed by atoms with E-state index in [-0.39, 0.29) is 58.1 Å². The van der Waals surface area contributed by atoms with Crippen molar-refractivity contribution in [2.75, 3.05) is 10.6 Å². The number of alkyl halides is 3. The van der Waals surface area contributed by atoms with Gasteiger partial charge in [-0.3, -0.25) is 19.2 Å². The summed E-state index contributed by atoms with van der Waals surface area (Å²) in [5.74, 6) is -5.23. The van der Waals surface area contributed by atoms with Crippen molar-refractivity contribution in [3.05, 3.63) is 118 Å². The molecule has 1 atom stereocenters. The molecule has 4 N–H and O–H groups in total. The Labute approximate surface area is 268 Å². The molecule has 4 rings (SSSR count). The minimum absolute atomic E-state index is 0.0254. The van der Waals surface area contributed by atoms with Gasteiger partial charge in [0.1, 0.15) is 5.41 Å². The summed E-state index contributed by atoms with van der Waals surface area (Å²) in [5, 5.41) is 23.4. The van der Waals surface area contributed by atoms with Gasteiger partial charge in [-0.2, -0.15) is 13.2 Å². The first-order chi connectivity index (χ1) is 22.7. The normalized spacial score (nSPS) is 12.2. The minimum atomic E-state index is -4.91. The van der Waals surface area contributed by atoms with Gasteiger partial charge in [-0.25, -0.2) is 9.59 Å². The highest BCUT2D eigenvalue weighted by molar-refractivity contribution is 6.08. The van der Waals surface area contributed by atoms with Gasteiger partial charge in [0.2, 0.25) is 0 Å². The molecule has 0 radical (unpaired) electrons. The summed E-state index contributed by atoms with van der Waals surface area (Å²) in [6.45, 7) is 1.04. The molecule has 0 bridgehead atoms. The number of carbonyl (C=O) groups is 6. The van der Waals surface area contributed by atoms with E-state index in [9.17, 15) is 52.2 Å². The van der Waals surface area contributed by atoms with Crippen molar-refractivity contribution in [1.29, 1.82) is 0 Å². The van der Waals surface area contributed by atoms with Crippen molar-refractivity contribution in [2.24, 2.45) is 0 Å². The third-order valence-corrected chi connectivity index (χ3v) is 7.26. The van der Waals surface area contributed by atoms with Crippen LogP contribution in [0.5, 0.6) is 11.5 Å². The highest BCUT2D eigenvalue weighted by Gasteiger charge is 2.53. The maximum atomic E-state index is 14.9. The van der Waals surface area contributed by atoms with E-state index in [4.69, 9.17) is 4.74 Å². The predicted octanol–water partition coefficient (Wildman–Crippen LogP) is 5.53. The quantitative estimate of drug-likeness (QED) is 0.140. The van der Waals surface area contributed by atoms with Crippen LogP contribution in [0.1, 0.15) is 59.5 Å². The van der Waals surface area contributed by atoms with Crippen LogP contribution in [0.3, 0.4) is 0 Å². The smallest absolute Gasteiger partial charge is 0.402 e. The fourth-order valence-corrected chi connectivity index (χ4v) is 4.71. The van der Waals surface area contributed by atoms with E-state index in [1.54, 1.807) is 0 Å². The SMILES string of the molecule is CC(c1cccc(NC(=O)c2ccc(OC=O)c(OC=O)c2)c1)(c1cccc(NC(=O)c2ccc(C(=O)O)c(C(=O)O)c2)c1)C(F)(F)F. The van der Waals surface area contributed by atoms with Crippen LogP contribution in [-0.2, 0) is 15.0 Å². The number of carboxylic acids is 2. The summed E-state index contributed by atoms with van der Waals surface area (Å²) in [6, 6.07) is 16.2. The number of amides is 2. The zero-order valence-corrected chi connectivity index (χ0v) is 24.5. The maximum absolute atomic E-state index is 14.9. The molecule has 246 valence electrons. The van der Waals surface area contributed by atoms with Crippen molar-refractivity contribution in [2.45, 2.75) is 18.5 Å². The number of nitrogens with one attached hydrogen (secondary N) is 2. The van der Waals surface area contributed by atoms with Crippen LogP contribution in [0, 0.1) is 0 Å². The molecule has 0 heterocycles. The Bertz CT molecular complexity index is 1940. The molecule has 0 aliphatic carbocycles. The van der Waals surface area contributed by atoms with Crippen molar-refractivity contribution >= 4 is 48.1 Å². The number of anilines is 2. The molecule has 0 spiro atoms. The second-order valence-electron chi connectivity index (χ2n) is 10.2. The highest BCUT2D eigenvalue weighted by Crippen LogP contribution is 2.47. The van der Waals surface area contributed by atoms with E-state index >= 15 is 0 Å².